The molecule has 0 radical (unpaired) electrons. The highest BCUT2D eigenvalue weighted by molar-refractivity contribution is 6.25. The van der Waals surface area contributed by atoms with Crippen molar-refractivity contribution in [1.82, 2.24) is 9.97 Å². The van der Waals surface area contributed by atoms with E-state index in [9.17, 15) is 0 Å². The maximum atomic E-state index is 4.67. The van der Waals surface area contributed by atoms with Gasteiger partial charge < -0.3 is 0 Å². The molecule has 0 N–H and O–H groups in total. The lowest BCUT2D eigenvalue weighted by Crippen LogP contribution is -1.88. The van der Waals surface area contributed by atoms with Crippen molar-refractivity contribution < 1.29 is 0 Å². The molecule has 2 heteroatoms. The molecule has 140 valence electrons. The Labute approximate surface area is 174 Å². The first-order valence-electron chi connectivity index (χ1n) is 10.1. The minimum atomic E-state index is 0.975. The number of benzene rings is 4. The van der Waals surface area contributed by atoms with E-state index in [1.807, 2.05) is 36.8 Å². The van der Waals surface area contributed by atoms with Crippen LogP contribution in [0.15, 0.2) is 110 Å². The Hall–Kier alpha value is -4.04. The van der Waals surface area contributed by atoms with E-state index in [4.69, 9.17) is 0 Å². The van der Waals surface area contributed by atoms with Crippen LogP contribution in [0.1, 0.15) is 0 Å². The minimum absolute atomic E-state index is 0.975. The van der Waals surface area contributed by atoms with Crippen LogP contribution in [-0.2, 0) is 0 Å². The predicted octanol–water partition coefficient (Wildman–Crippen LogP) is 7.27. The van der Waals surface area contributed by atoms with Gasteiger partial charge >= 0.3 is 0 Å². The first kappa shape index (κ1) is 16.9. The van der Waals surface area contributed by atoms with Crippen LogP contribution in [0.4, 0.5) is 0 Å². The Bertz CT molecular complexity index is 1500. The average Bonchev–Trinajstić information content (AvgIpc) is 2.84. The van der Waals surface area contributed by atoms with E-state index in [-0.39, 0.29) is 0 Å². The maximum Gasteiger partial charge on any atom is 0.0708 e. The number of hydrogen-bond acceptors (Lipinski definition) is 2. The highest BCUT2D eigenvalue weighted by Crippen LogP contribution is 2.37. The SMILES string of the molecule is c1ccc2c(c1)c1ccccc1c1cc(-c3cc(-c4ccncc4)ccn3)ccc21. The molecule has 0 aliphatic carbocycles. The van der Waals surface area contributed by atoms with Gasteiger partial charge in [-0.2, -0.15) is 0 Å². The molecule has 0 saturated heterocycles. The molecule has 0 aliphatic rings. The Kier molecular flexibility index (Phi) is 3.82. The Balaban J connectivity index is 1.61. The third-order valence-corrected chi connectivity index (χ3v) is 5.81. The average molecular weight is 382 g/mol. The molecule has 0 amide bonds. The van der Waals surface area contributed by atoms with Crippen LogP contribution in [-0.4, -0.2) is 9.97 Å². The number of nitrogens with zero attached hydrogens (tertiary/aromatic N) is 2. The number of fused-ring (bicyclic) bond motifs is 6. The number of rotatable bonds is 2. The van der Waals surface area contributed by atoms with Crippen LogP contribution in [0, 0.1) is 0 Å². The van der Waals surface area contributed by atoms with Gasteiger partial charge in [-0.1, -0.05) is 60.7 Å². The Morgan fingerprint density at radius 1 is 0.400 bits per heavy atom. The van der Waals surface area contributed by atoms with Crippen molar-refractivity contribution in [2.45, 2.75) is 0 Å². The summed E-state index contributed by atoms with van der Waals surface area (Å²) in [6.07, 6.45) is 5.53. The standard InChI is InChI=1S/C28H18N2/c1-2-7-24-22(5-1)23-6-3-4-8-25(23)27-17-21(9-10-26(24)27)28-18-20(13-16-30-28)19-11-14-29-15-12-19/h1-18H. The fraction of sp³-hybridized carbons (Fsp3) is 0. The molecule has 0 spiro atoms. The van der Waals surface area contributed by atoms with Gasteiger partial charge in [0.1, 0.15) is 0 Å². The molecule has 0 atom stereocenters. The van der Waals surface area contributed by atoms with Crippen LogP contribution in [0.3, 0.4) is 0 Å². The van der Waals surface area contributed by atoms with Crippen molar-refractivity contribution in [2.75, 3.05) is 0 Å². The van der Waals surface area contributed by atoms with Crippen molar-refractivity contribution in [3.05, 3.63) is 110 Å². The zero-order valence-electron chi connectivity index (χ0n) is 16.3. The lowest BCUT2D eigenvalue weighted by Gasteiger charge is -2.12. The number of hydrogen-bond donors (Lipinski definition) is 0. The highest BCUT2D eigenvalue weighted by Gasteiger charge is 2.10. The van der Waals surface area contributed by atoms with Gasteiger partial charge in [-0.3, -0.25) is 9.97 Å². The summed E-state index contributed by atoms with van der Waals surface area (Å²) >= 11 is 0. The lowest BCUT2D eigenvalue weighted by atomic mass is 9.92. The van der Waals surface area contributed by atoms with Crippen LogP contribution < -0.4 is 0 Å². The van der Waals surface area contributed by atoms with Gasteiger partial charge in [0.25, 0.3) is 0 Å². The van der Waals surface area contributed by atoms with Crippen LogP contribution in [0.5, 0.6) is 0 Å². The van der Waals surface area contributed by atoms with Gasteiger partial charge in [0.05, 0.1) is 5.69 Å². The van der Waals surface area contributed by atoms with Gasteiger partial charge in [-0.15, -0.1) is 0 Å². The van der Waals surface area contributed by atoms with Gasteiger partial charge in [-0.05, 0) is 73.8 Å². The molecule has 0 fully saturated rings. The Morgan fingerprint density at radius 3 is 1.63 bits per heavy atom. The van der Waals surface area contributed by atoms with Gasteiger partial charge in [0.15, 0.2) is 0 Å². The smallest absolute Gasteiger partial charge is 0.0708 e. The van der Waals surface area contributed by atoms with Crippen molar-refractivity contribution in [3.63, 3.8) is 0 Å². The molecular formula is C28H18N2. The van der Waals surface area contributed by atoms with Gasteiger partial charge in [0.2, 0.25) is 0 Å². The molecule has 2 aromatic heterocycles. The van der Waals surface area contributed by atoms with Crippen LogP contribution in [0.2, 0.25) is 0 Å². The zero-order chi connectivity index (χ0) is 19.9. The summed E-state index contributed by atoms with van der Waals surface area (Å²) in [5, 5.41) is 7.69. The molecule has 6 rings (SSSR count). The first-order chi connectivity index (χ1) is 14.9. The number of pyridine rings is 2. The summed E-state index contributed by atoms with van der Waals surface area (Å²) in [6, 6.07) is 32.3. The van der Waals surface area contributed by atoms with E-state index in [1.165, 1.54) is 32.3 Å². The molecular weight excluding hydrogens is 364 g/mol. The lowest BCUT2D eigenvalue weighted by molar-refractivity contribution is 1.31. The summed E-state index contributed by atoms with van der Waals surface area (Å²) in [5.41, 5.74) is 4.39. The van der Waals surface area contributed by atoms with Crippen molar-refractivity contribution in [3.8, 4) is 22.4 Å². The first-order valence-corrected chi connectivity index (χ1v) is 10.1. The Morgan fingerprint density at radius 2 is 0.967 bits per heavy atom. The highest BCUT2D eigenvalue weighted by atomic mass is 14.7. The molecule has 2 heterocycles. The molecule has 0 saturated carbocycles. The molecule has 0 unspecified atom stereocenters. The summed E-state index contributed by atoms with van der Waals surface area (Å²) in [7, 11) is 0. The second-order valence-corrected chi connectivity index (χ2v) is 7.52. The number of aromatic nitrogens is 2. The second kappa shape index (κ2) is 6.78. The molecule has 6 aromatic rings. The van der Waals surface area contributed by atoms with E-state index in [2.05, 4.69) is 82.8 Å². The fourth-order valence-corrected chi connectivity index (χ4v) is 4.38. The van der Waals surface area contributed by atoms with Crippen LogP contribution >= 0.6 is 0 Å². The quantitative estimate of drug-likeness (QED) is 0.294. The van der Waals surface area contributed by atoms with Crippen molar-refractivity contribution in [1.29, 1.82) is 0 Å². The third kappa shape index (κ3) is 2.66. The van der Waals surface area contributed by atoms with Crippen molar-refractivity contribution >= 4 is 32.3 Å². The van der Waals surface area contributed by atoms with Gasteiger partial charge in [0, 0.05) is 24.2 Å². The molecule has 30 heavy (non-hydrogen) atoms. The predicted molar refractivity (Wildman–Crippen MR) is 125 cm³/mol. The fourth-order valence-electron chi connectivity index (χ4n) is 4.38. The summed E-state index contributed by atoms with van der Waals surface area (Å²) < 4.78 is 0. The zero-order valence-corrected chi connectivity index (χ0v) is 16.3. The van der Waals surface area contributed by atoms with E-state index in [0.29, 0.717) is 0 Å². The van der Waals surface area contributed by atoms with E-state index in [1.54, 1.807) is 0 Å². The summed E-state index contributed by atoms with van der Waals surface area (Å²) in [6.45, 7) is 0. The monoisotopic (exact) mass is 382 g/mol. The molecule has 0 bridgehead atoms. The largest absolute Gasteiger partial charge is 0.265 e. The molecule has 4 aromatic carbocycles. The maximum absolute atomic E-state index is 4.67. The van der Waals surface area contributed by atoms with E-state index >= 15 is 0 Å². The molecule has 0 aliphatic heterocycles. The summed E-state index contributed by atoms with van der Waals surface area (Å²) in [4.78, 5) is 8.79. The molecule has 2 nitrogen and oxygen atoms in total. The minimum Gasteiger partial charge on any atom is -0.265 e. The van der Waals surface area contributed by atoms with E-state index in [0.717, 1.165) is 22.4 Å². The van der Waals surface area contributed by atoms with Gasteiger partial charge in [-0.25, -0.2) is 0 Å². The van der Waals surface area contributed by atoms with E-state index < -0.39 is 0 Å². The van der Waals surface area contributed by atoms with Crippen molar-refractivity contribution in [2.24, 2.45) is 0 Å². The normalized spacial score (nSPS) is 11.3. The van der Waals surface area contributed by atoms with Crippen LogP contribution in [0.25, 0.3) is 54.7 Å². The second-order valence-electron chi connectivity index (χ2n) is 7.52. The summed E-state index contributed by atoms with van der Waals surface area (Å²) in [5.74, 6) is 0. The third-order valence-electron chi connectivity index (χ3n) is 5.81. The topological polar surface area (TPSA) is 25.8 Å².